The van der Waals surface area contributed by atoms with Crippen LogP contribution in [0.2, 0.25) is 0 Å². The van der Waals surface area contributed by atoms with Crippen molar-refractivity contribution in [2.45, 2.75) is 6.54 Å². The van der Waals surface area contributed by atoms with Crippen molar-refractivity contribution in [3.05, 3.63) is 52.6 Å². The Kier molecular flexibility index (Phi) is 4.85. The van der Waals surface area contributed by atoms with Crippen molar-refractivity contribution in [3.8, 4) is 0 Å². The third-order valence-electron chi connectivity index (χ3n) is 3.61. The van der Waals surface area contributed by atoms with E-state index in [0.717, 1.165) is 4.68 Å². The molecule has 0 saturated carbocycles. The molecule has 1 aliphatic heterocycles. The molecule has 0 atom stereocenters. The van der Waals surface area contributed by atoms with E-state index in [1.165, 1.54) is 30.3 Å². The Bertz CT molecular complexity index is 770. The van der Waals surface area contributed by atoms with Gasteiger partial charge in [0.05, 0.1) is 13.2 Å². The van der Waals surface area contributed by atoms with Gasteiger partial charge in [-0.2, -0.15) is 5.10 Å². The number of rotatable bonds is 4. The zero-order valence-electron chi connectivity index (χ0n) is 12.9. The highest BCUT2D eigenvalue weighted by atomic mass is 19.1. The van der Waals surface area contributed by atoms with E-state index in [0.29, 0.717) is 37.8 Å². The summed E-state index contributed by atoms with van der Waals surface area (Å²) in [5, 5.41) is 6.85. The van der Waals surface area contributed by atoms with Crippen LogP contribution in [-0.4, -0.2) is 42.0 Å². The zero-order valence-corrected chi connectivity index (χ0v) is 12.9. The number of hydrogen-bond donors (Lipinski definition) is 1. The summed E-state index contributed by atoms with van der Waals surface area (Å²) in [4.78, 5) is 26.0. The van der Waals surface area contributed by atoms with Gasteiger partial charge in [0.2, 0.25) is 5.91 Å². The van der Waals surface area contributed by atoms with Gasteiger partial charge in [-0.15, -0.1) is 0 Å². The summed E-state index contributed by atoms with van der Waals surface area (Å²) in [6.07, 6.45) is 0. The number of carbonyl (C=O) groups is 1. The largest absolute Gasteiger partial charge is 0.378 e. The normalized spacial score (nSPS) is 14.5. The lowest BCUT2D eigenvalue weighted by atomic mass is 10.3. The Morgan fingerprint density at radius 2 is 1.88 bits per heavy atom. The molecule has 0 bridgehead atoms. The second-order valence-corrected chi connectivity index (χ2v) is 5.34. The van der Waals surface area contributed by atoms with Gasteiger partial charge in [-0.1, -0.05) is 0 Å². The number of aromatic nitrogens is 2. The minimum absolute atomic E-state index is 0.214. The van der Waals surface area contributed by atoms with E-state index in [1.54, 1.807) is 6.07 Å². The molecule has 1 saturated heterocycles. The number of anilines is 2. The molecule has 2 heterocycles. The number of hydrogen-bond acceptors (Lipinski definition) is 5. The highest BCUT2D eigenvalue weighted by Gasteiger charge is 2.14. The molecule has 2 aromatic rings. The molecular weight excluding hydrogens is 315 g/mol. The molecule has 0 unspecified atom stereocenters. The molecular formula is C16H17FN4O3. The molecule has 3 rings (SSSR count). The van der Waals surface area contributed by atoms with Crippen molar-refractivity contribution >= 4 is 17.4 Å². The number of amides is 1. The minimum atomic E-state index is -0.407. The van der Waals surface area contributed by atoms with E-state index in [4.69, 9.17) is 4.74 Å². The number of halogens is 1. The summed E-state index contributed by atoms with van der Waals surface area (Å²) in [7, 11) is 0. The van der Waals surface area contributed by atoms with E-state index in [1.807, 2.05) is 4.90 Å². The first-order valence-corrected chi connectivity index (χ1v) is 7.58. The molecule has 126 valence electrons. The maximum Gasteiger partial charge on any atom is 0.267 e. The Morgan fingerprint density at radius 1 is 1.17 bits per heavy atom. The van der Waals surface area contributed by atoms with Gasteiger partial charge >= 0.3 is 0 Å². The maximum atomic E-state index is 12.9. The van der Waals surface area contributed by atoms with Crippen molar-refractivity contribution in [3.63, 3.8) is 0 Å². The highest BCUT2D eigenvalue weighted by Crippen LogP contribution is 2.10. The first-order chi connectivity index (χ1) is 11.6. The van der Waals surface area contributed by atoms with Crippen LogP contribution in [0.5, 0.6) is 0 Å². The summed E-state index contributed by atoms with van der Waals surface area (Å²) >= 11 is 0. The Morgan fingerprint density at radius 3 is 2.58 bits per heavy atom. The second kappa shape index (κ2) is 7.22. The predicted octanol–water partition coefficient (Wildman–Crippen LogP) is 0.858. The lowest BCUT2D eigenvalue weighted by Crippen LogP contribution is -2.38. The molecule has 0 spiro atoms. The fraction of sp³-hybridized carbons (Fsp3) is 0.312. The van der Waals surface area contributed by atoms with Crippen molar-refractivity contribution in [2.75, 3.05) is 36.5 Å². The van der Waals surface area contributed by atoms with Gasteiger partial charge in [0.15, 0.2) is 0 Å². The van der Waals surface area contributed by atoms with Crippen molar-refractivity contribution in [1.29, 1.82) is 0 Å². The Labute approximate surface area is 137 Å². The summed E-state index contributed by atoms with van der Waals surface area (Å²) < 4.78 is 19.3. The second-order valence-electron chi connectivity index (χ2n) is 5.34. The van der Waals surface area contributed by atoms with Crippen molar-refractivity contribution in [2.24, 2.45) is 0 Å². The van der Waals surface area contributed by atoms with Crippen LogP contribution in [0.1, 0.15) is 0 Å². The number of nitrogens with zero attached hydrogens (tertiary/aromatic N) is 3. The number of benzene rings is 1. The number of morpholine rings is 1. The Balaban J connectivity index is 1.70. The van der Waals surface area contributed by atoms with E-state index in [-0.39, 0.29) is 17.9 Å². The van der Waals surface area contributed by atoms with E-state index in [2.05, 4.69) is 10.4 Å². The van der Waals surface area contributed by atoms with Gasteiger partial charge in [-0.05, 0) is 30.3 Å². The maximum absolute atomic E-state index is 12.9. The summed E-state index contributed by atoms with van der Waals surface area (Å²) in [5.74, 6) is -0.160. The average Bonchev–Trinajstić information content (AvgIpc) is 2.60. The monoisotopic (exact) mass is 332 g/mol. The Hall–Kier alpha value is -2.74. The standard InChI is InChI=1S/C16H17FN4O3/c17-12-1-3-13(4-2-12)18-15(22)11-21-16(23)6-5-14(19-21)20-7-9-24-10-8-20/h1-6H,7-11H2,(H,18,22). The third-order valence-corrected chi connectivity index (χ3v) is 3.61. The van der Waals surface area contributed by atoms with Crippen LogP contribution in [0.4, 0.5) is 15.9 Å². The van der Waals surface area contributed by atoms with Gasteiger partial charge in [0.25, 0.3) is 5.56 Å². The topological polar surface area (TPSA) is 76.5 Å². The summed E-state index contributed by atoms with van der Waals surface area (Å²) in [6.45, 7) is 2.37. The molecule has 1 fully saturated rings. The van der Waals surface area contributed by atoms with Gasteiger partial charge in [0, 0.05) is 24.8 Å². The van der Waals surface area contributed by atoms with Gasteiger partial charge in [-0.25, -0.2) is 9.07 Å². The molecule has 1 N–H and O–H groups in total. The SMILES string of the molecule is O=C(Cn1nc(N2CCOCC2)ccc1=O)Nc1ccc(F)cc1. The predicted molar refractivity (Wildman–Crippen MR) is 86.6 cm³/mol. The molecule has 0 radical (unpaired) electrons. The van der Waals surface area contributed by atoms with Crippen LogP contribution in [0.15, 0.2) is 41.2 Å². The highest BCUT2D eigenvalue weighted by molar-refractivity contribution is 5.90. The molecule has 7 nitrogen and oxygen atoms in total. The van der Waals surface area contributed by atoms with Crippen molar-refractivity contribution in [1.82, 2.24) is 9.78 Å². The molecule has 8 heteroatoms. The van der Waals surface area contributed by atoms with Crippen LogP contribution in [0, 0.1) is 5.82 Å². The molecule has 24 heavy (non-hydrogen) atoms. The van der Waals surface area contributed by atoms with Crippen LogP contribution >= 0.6 is 0 Å². The van der Waals surface area contributed by atoms with Gasteiger partial charge in [-0.3, -0.25) is 9.59 Å². The number of nitrogens with one attached hydrogen (secondary N) is 1. The average molecular weight is 332 g/mol. The minimum Gasteiger partial charge on any atom is -0.378 e. The van der Waals surface area contributed by atoms with Gasteiger partial charge < -0.3 is 15.0 Å². The lowest BCUT2D eigenvalue weighted by Gasteiger charge is -2.27. The smallest absolute Gasteiger partial charge is 0.267 e. The van der Waals surface area contributed by atoms with Crippen LogP contribution in [0.25, 0.3) is 0 Å². The fourth-order valence-electron chi connectivity index (χ4n) is 2.38. The number of ether oxygens (including phenoxy) is 1. The molecule has 1 amide bonds. The molecule has 1 aliphatic rings. The summed E-state index contributed by atoms with van der Waals surface area (Å²) in [5.41, 5.74) is 0.0973. The van der Waals surface area contributed by atoms with E-state index >= 15 is 0 Å². The molecule has 0 aliphatic carbocycles. The fourth-order valence-corrected chi connectivity index (χ4v) is 2.38. The number of carbonyl (C=O) groups excluding carboxylic acids is 1. The third kappa shape index (κ3) is 3.96. The summed E-state index contributed by atoms with van der Waals surface area (Å²) in [6, 6.07) is 8.43. The van der Waals surface area contributed by atoms with Crippen LogP contribution in [-0.2, 0) is 16.1 Å². The van der Waals surface area contributed by atoms with E-state index in [9.17, 15) is 14.0 Å². The zero-order chi connectivity index (χ0) is 16.9. The van der Waals surface area contributed by atoms with Crippen LogP contribution in [0.3, 0.4) is 0 Å². The van der Waals surface area contributed by atoms with Crippen LogP contribution < -0.4 is 15.8 Å². The molecule has 1 aromatic carbocycles. The molecule has 1 aromatic heterocycles. The quantitative estimate of drug-likeness (QED) is 0.899. The van der Waals surface area contributed by atoms with E-state index < -0.39 is 5.91 Å². The van der Waals surface area contributed by atoms with Gasteiger partial charge in [0.1, 0.15) is 18.2 Å². The first kappa shape index (κ1) is 16.1. The van der Waals surface area contributed by atoms with Crippen molar-refractivity contribution < 1.29 is 13.9 Å². The first-order valence-electron chi connectivity index (χ1n) is 7.58. The lowest BCUT2D eigenvalue weighted by molar-refractivity contribution is -0.117.